The van der Waals surface area contributed by atoms with E-state index in [0.29, 0.717) is 4.90 Å². The summed E-state index contributed by atoms with van der Waals surface area (Å²) < 4.78 is 25.4. The average molecular weight is 314 g/mol. The predicted molar refractivity (Wildman–Crippen MR) is 85.5 cm³/mol. The van der Waals surface area contributed by atoms with Gasteiger partial charge in [0.25, 0.3) is 0 Å². The van der Waals surface area contributed by atoms with E-state index in [1.807, 2.05) is 24.3 Å². The van der Waals surface area contributed by atoms with Gasteiger partial charge in [0.1, 0.15) is 6.29 Å². The molecule has 0 saturated heterocycles. The zero-order valence-electron chi connectivity index (χ0n) is 12.3. The second-order valence-corrected chi connectivity index (χ2v) is 7.76. The molecule has 0 N–H and O–H groups in total. The first-order chi connectivity index (χ1) is 10.6. The number of hydrogen-bond donors (Lipinski definition) is 0. The third kappa shape index (κ3) is 2.48. The molecule has 4 heteroatoms. The van der Waals surface area contributed by atoms with Crippen LogP contribution in [0.15, 0.2) is 59.5 Å². The highest BCUT2D eigenvalue weighted by molar-refractivity contribution is 7.92. The van der Waals surface area contributed by atoms with E-state index in [4.69, 9.17) is 0 Å². The Labute approximate surface area is 130 Å². The van der Waals surface area contributed by atoms with Gasteiger partial charge in [0.15, 0.2) is 9.84 Å². The van der Waals surface area contributed by atoms with Crippen LogP contribution in [0.2, 0.25) is 0 Å². The van der Waals surface area contributed by atoms with Gasteiger partial charge in [-0.3, -0.25) is 0 Å². The Hall–Kier alpha value is -1.94. The summed E-state index contributed by atoms with van der Waals surface area (Å²) in [7, 11) is -3.47. The van der Waals surface area contributed by atoms with E-state index in [0.717, 1.165) is 18.3 Å². The summed E-state index contributed by atoms with van der Waals surface area (Å²) in [5.41, 5.74) is 2.13. The van der Waals surface area contributed by atoms with Gasteiger partial charge in [-0.2, -0.15) is 0 Å². The molecule has 2 aromatic rings. The van der Waals surface area contributed by atoms with E-state index in [-0.39, 0.29) is 5.92 Å². The molecule has 0 heterocycles. The normalized spacial score (nSPS) is 24.0. The van der Waals surface area contributed by atoms with Crippen molar-refractivity contribution in [1.82, 2.24) is 0 Å². The monoisotopic (exact) mass is 314 g/mol. The van der Waals surface area contributed by atoms with Crippen LogP contribution in [0, 0.1) is 5.92 Å². The van der Waals surface area contributed by atoms with Crippen LogP contribution < -0.4 is 0 Å². The van der Waals surface area contributed by atoms with Gasteiger partial charge in [0.2, 0.25) is 0 Å². The van der Waals surface area contributed by atoms with Crippen molar-refractivity contribution in [2.24, 2.45) is 5.92 Å². The first-order valence-corrected chi connectivity index (χ1v) is 8.97. The number of aryl methyl sites for hydroxylation is 1. The summed E-state index contributed by atoms with van der Waals surface area (Å²) in [6.45, 7) is 2.07. The highest BCUT2D eigenvalue weighted by atomic mass is 32.2. The second-order valence-electron chi connectivity index (χ2n) is 5.66. The molecule has 0 aliphatic heterocycles. The van der Waals surface area contributed by atoms with Crippen LogP contribution in [0.3, 0.4) is 0 Å². The third-order valence-corrected chi connectivity index (χ3v) is 6.62. The molecule has 3 unspecified atom stereocenters. The van der Waals surface area contributed by atoms with E-state index in [1.165, 1.54) is 5.56 Å². The van der Waals surface area contributed by atoms with Gasteiger partial charge >= 0.3 is 0 Å². The molecule has 1 fully saturated rings. The molecule has 1 aliphatic carbocycles. The maximum Gasteiger partial charge on any atom is 0.182 e. The van der Waals surface area contributed by atoms with Gasteiger partial charge in [-0.15, -0.1) is 0 Å². The fourth-order valence-electron chi connectivity index (χ4n) is 3.02. The summed E-state index contributed by atoms with van der Waals surface area (Å²) in [4.78, 5) is 11.6. The fourth-order valence-corrected chi connectivity index (χ4v) is 5.15. The molecule has 0 radical (unpaired) electrons. The minimum atomic E-state index is -3.47. The first kappa shape index (κ1) is 15.0. The number of hydrogen-bond acceptors (Lipinski definition) is 3. The number of sulfone groups is 1. The molecule has 0 amide bonds. The molecule has 3 nitrogen and oxygen atoms in total. The molecule has 0 aromatic heterocycles. The molecule has 114 valence electrons. The van der Waals surface area contributed by atoms with E-state index >= 15 is 0 Å². The molecular weight excluding hydrogens is 296 g/mol. The fraction of sp³-hybridized carbons (Fsp3) is 0.278. The lowest BCUT2D eigenvalue weighted by Gasteiger charge is -2.04. The minimum Gasteiger partial charge on any atom is -0.303 e. The summed E-state index contributed by atoms with van der Waals surface area (Å²) in [6, 6.07) is 16.3. The number of rotatable bonds is 5. The lowest BCUT2D eigenvalue weighted by atomic mass is 10.1. The molecule has 0 bridgehead atoms. The van der Waals surface area contributed by atoms with Crippen molar-refractivity contribution in [3.05, 3.63) is 65.7 Å². The van der Waals surface area contributed by atoms with Crippen LogP contribution in [-0.2, 0) is 21.1 Å². The Morgan fingerprint density at radius 2 is 1.64 bits per heavy atom. The van der Waals surface area contributed by atoms with Crippen LogP contribution in [0.1, 0.15) is 24.0 Å². The van der Waals surface area contributed by atoms with Crippen LogP contribution in [0.25, 0.3) is 0 Å². The number of aldehydes is 1. The SMILES string of the molecule is CCc1ccc(C2C(C=O)C2S(=O)(=O)c2ccccc2)cc1. The number of carbonyl (C=O) groups excluding carboxylic acids is 1. The molecule has 1 aliphatic rings. The van der Waals surface area contributed by atoms with Crippen molar-refractivity contribution in [2.75, 3.05) is 0 Å². The van der Waals surface area contributed by atoms with Gasteiger partial charge in [0, 0.05) is 11.8 Å². The summed E-state index contributed by atoms with van der Waals surface area (Å²) in [5.74, 6) is -0.675. The van der Waals surface area contributed by atoms with Crippen molar-refractivity contribution in [3.8, 4) is 0 Å². The van der Waals surface area contributed by atoms with Crippen molar-refractivity contribution in [3.63, 3.8) is 0 Å². The summed E-state index contributed by atoms with van der Waals surface area (Å²) in [6.07, 6.45) is 1.72. The van der Waals surface area contributed by atoms with E-state index in [2.05, 4.69) is 6.92 Å². The van der Waals surface area contributed by atoms with Gasteiger partial charge < -0.3 is 4.79 Å². The second kappa shape index (κ2) is 5.69. The number of benzene rings is 2. The molecule has 2 aromatic carbocycles. The van der Waals surface area contributed by atoms with Gasteiger partial charge in [-0.05, 0) is 29.7 Å². The quantitative estimate of drug-likeness (QED) is 0.797. The lowest BCUT2D eigenvalue weighted by Crippen LogP contribution is -2.10. The van der Waals surface area contributed by atoms with E-state index < -0.39 is 21.0 Å². The van der Waals surface area contributed by atoms with Gasteiger partial charge in [-0.25, -0.2) is 8.42 Å². The summed E-state index contributed by atoms with van der Waals surface area (Å²) >= 11 is 0. The number of carbonyl (C=O) groups is 1. The Morgan fingerprint density at radius 1 is 1.00 bits per heavy atom. The zero-order valence-corrected chi connectivity index (χ0v) is 13.2. The topological polar surface area (TPSA) is 51.2 Å². The summed E-state index contributed by atoms with van der Waals surface area (Å²) in [5, 5.41) is -0.639. The molecule has 22 heavy (non-hydrogen) atoms. The van der Waals surface area contributed by atoms with Crippen LogP contribution >= 0.6 is 0 Å². The maximum absolute atomic E-state index is 12.7. The van der Waals surface area contributed by atoms with Crippen molar-refractivity contribution in [2.45, 2.75) is 29.4 Å². The van der Waals surface area contributed by atoms with Gasteiger partial charge in [-0.1, -0.05) is 49.4 Å². The lowest BCUT2D eigenvalue weighted by molar-refractivity contribution is -0.108. The third-order valence-electron chi connectivity index (χ3n) is 4.37. The van der Waals surface area contributed by atoms with Crippen molar-refractivity contribution < 1.29 is 13.2 Å². The molecule has 3 rings (SSSR count). The van der Waals surface area contributed by atoms with Gasteiger partial charge in [0.05, 0.1) is 10.1 Å². The molecule has 1 saturated carbocycles. The highest BCUT2D eigenvalue weighted by Crippen LogP contribution is 2.52. The molecular formula is C18H18O3S. The highest BCUT2D eigenvalue weighted by Gasteiger charge is 2.58. The Bertz CT molecular complexity index is 764. The predicted octanol–water partition coefficient (Wildman–Crippen LogP) is 3.00. The Kier molecular flexibility index (Phi) is 3.87. The standard InChI is InChI=1S/C18H18O3S/c1-2-13-8-10-14(11-9-13)17-16(12-19)18(17)22(20,21)15-6-4-3-5-7-15/h3-12,16-18H,2H2,1H3. The molecule has 3 atom stereocenters. The Morgan fingerprint density at radius 3 is 2.18 bits per heavy atom. The van der Waals surface area contributed by atoms with Crippen LogP contribution in [0.5, 0.6) is 0 Å². The van der Waals surface area contributed by atoms with Crippen molar-refractivity contribution >= 4 is 16.1 Å². The smallest absolute Gasteiger partial charge is 0.182 e. The minimum absolute atomic E-state index is 0.228. The average Bonchev–Trinajstić information content (AvgIpc) is 3.31. The Balaban J connectivity index is 1.93. The van der Waals surface area contributed by atoms with E-state index in [9.17, 15) is 13.2 Å². The van der Waals surface area contributed by atoms with E-state index in [1.54, 1.807) is 30.3 Å². The largest absolute Gasteiger partial charge is 0.303 e. The zero-order chi connectivity index (χ0) is 15.7. The van der Waals surface area contributed by atoms with Crippen molar-refractivity contribution in [1.29, 1.82) is 0 Å². The first-order valence-electron chi connectivity index (χ1n) is 7.42. The van der Waals surface area contributed by atoms with Crippen LogP contribution in [0.4, 0.5) is 0 Å². The maximum atomic E-state index is 12.7. The van der Waals surface area contributed by atoms with Crippen LogP contribution in [-0.4, -0.2) is 20.0 Å². The molecule has 0 spiro atoms.